The highest BCUT2D eigenvalue weighted by Gasteiger charge is 2.21. The number of fused-ring (bicyclic) bond motifs is 2. The van der Waals surface area contributed by atoms with Crippen LogP contribution in [0.15, 0.2) is 73.4 Å². The molecule has 0 radical (unpaired) electrons. The van der Waals surface area contributed by atoms with Crippen molar-refractivity contribution in [1.82, 2.24) is 35.1 Å². The van der Waals surface area contributed by atoms with Gasteiger partial charge in [-0.25, -0.2) is 0 Å². The molecule has 0 aliphatic carbocycles. The molecule has 182 valence electrons. The average Bonchev–Trinajstić information content (AvgIpc) is 3.52. The van der Waals surface area contributed by atoms with E-state index in [1.807, 2.05) is 63.2 Å². The number of carbonyl (C=O) groups is 1. The van der Waals surface area contributed by atoms with Gasteiger partial charge in [-0.15, -0.1) is 0 Å². The van der Waals surface area contributed by atoms with Crippen molar-refractivity contribution < 1.29 is 4.79 Å². The lowest BCUT2D eigenvalue weighted by Gasteiger charge is -2.17. The van der Waals surface area contributed by atoms with Gasteiger partial charge in [0, 0.05) is 45.9 Å². The monoisotopic (exact) mass is 488 g/mol. The third-order valence-corrected chi connectivity index (χ3v) is 6.13. The summed E-state index contributed by atoms with van der Waals surface area (Å²) in [6, 6.07) is 13.6. The minimum absolute atomic E-state index is 0.0784. The maximum absolute atomic E-state index is 12.4. The van der Waals surface area contributed by atoms with Crippen LogP contribution < -0.4 is 5.32 Å². The minimum atomic E-state index is -0.510. The molecule has 6 heterocycles. The molecule has 0 aliphatic heterocycles. The van der Waals surface area contributed by atoms with E-state index in [1.165, 1.54) is 0 Å². The molecule has 0 unspecified atom stereocenters. The van der Waals surface area contributed by atoms with E-state index in [0.29, 0.717) is 5.69 Å². The molecule has 1 amide bonds. The fourth-order valence-electron chi connectivity index (χ4n) is 4.14. The Kier molecular flexibility index (Phi) is 5.26. The molecule has 9 nitrogen and oxygen atoms in total. The summed E-state index contributed by atoms with van der Waals surface area (Å²) in [5.74, 6) is -0.0784. The number of carbonyl (C=O) groups excluding carboxylic acids is 1. The summed E-state index contributed by atoms with van der Waals surface area (Å²) >= 11 is 0. The Bertz CT molecular complexity index is 1760. The Morgan fingerprint density at radius 3 is 2.51 bits per heavy atom. The molecule has 37 heavy (non-hydrogen) atoms. The SMILES string of the molecule is CC(C)(C)C(=O)Nc1cncc(-c2cc3c(-c4cc5c(-c6ccccn6)nccc5[nH]4)n[nH]c3cn2)c1. The summed E-state index contributed by atoms with van der Waals surface area (Å²) in [5, 5.41) is 12.5. The zero-order valence-corrected chi connectivity index (χ0v) is 20.6. The summed E-state index contributed by atoms with van der Waals surface area (Å²) in [6.45, 7) is 5.61. The molecule has 0 aromatic carbocycles. The Labute approximate surface area is 212 Å². The maximum Gasteiger partial charge on any atom is 0.229 e. The van der Waals surface area contributed by atoms with Crippen LogP contribution >= 0.6 is 0 Å². The third kappa shape index (κ3) is 4.20. The molecular weight excluding hydrogens is 464 g/mol. The summed E-state index contributed by atoms with van der Waals surface area (Å²) in [5.41, 5.74) is 6.63. The average molecular weight is 489 g/mol. The van der Waals surface area contributed by atoms with Crippen LogP contribution in [0.1, 0.15) is 20.8 Å². The molecule has 6 aromatic heterocycles. The van der Waals surface area contributed by atoms with Crippen molar-refractivity contribution in [2.24, 2.45) is 5.41 Å². The van der Waals surface area contributed by atoms with Gasteiger partial charge in [0.15, 0.2) is 0 Å². The number of anilines is 1. The van der Waals surface area contributed by atoms with Crippen LogP contribution in [0.5, 0.6) is 0 Å². The zero-order valence-electron chi connectivity index (χ0n) is 20.6. The lowest BCUT2D eigenvalue weighted by molar-refractivity contribution is -0.123. The van der Waals surface area contributed by atoms with E-state index in [0.717, 1.165) is 55.8 Å². The number of aromatic amines is 2. The molecule has 0 saturated heterocycles. The van der Waals surface area contributed by atoms with Gasteiger partial charge < -0.3 is 10.3 Å². The first kappa shape index (κ1) is 22.5. The predicted octanol–water partition coefficient (Wildman–Crippen LogP) is 5.61. The summed E-state index contributed by atoms with van der Waals surface area (Å²) in [7, 11) is 0. The topological polar surface area (TPSA) is 125 Å². The van der Waals surface area contributed by atoms with E-state index < -0.39 is 5.41 Å². The van der Waals surface area contributed by atoms with Gasteiger partial charge in [-0.05, 0) is 36.4 Å². The highest BCUT2D eigenvalue weighted by Crippen LogP contribution is 2.33. The smallest absolute Gasteiger partial charge is 0.229 e. The number of amides is 1. The highest BCUT2D eigenvalue weighted by molar-refractivity contribution is 6.00. The molecule has 0 aliphatic rings. The van der Waals surface area contributed by atoms with Gasteiger partial charge in [-0.2, -0.15) is 5.10 Å². The van der Waals surface area contributed by atoms with Crippen molar-refractivity contribution in [3.63, 3.8) is 0 Å². The van der Waals surface area contributed by atoms with E-state index in [9.17, 15) is 4.79 Å². The van der Waals surface area contributed by atoms with Crippen molar-refractivity contribution in [2.75, 3.05) is 5.32 Å². The molecule has 3 N–H and O–H groups in total. The number of aromatic nitrogens is 7. The van der Waals surface area contributed by atoms with Crippen molar-refractivity contribution in [3.8, 4) is 34.0 Å². The molecule has 0 saturated carbocycles. The van der Waals surface area contributed by atoms with Crippen molar-refractivity contribution in [1.29, 1.82) is 0 Å². The van der Waals surface area contributed by atoms with Gasteiger partial charge in [0.1, 0.15) is 5.69 Å². The highest BCUT2D eigenvalue weighted by atomic mass is 16.2. The van der Waals surface area contributed by atoms with Gasteiger partial charge in [-0.1, -0.05) is 26.8 Å². The molecule has 0 spiro atoms. The fraction of sp³-hybridized carbons (Fsp3) is 0.143. The minimum Gasteiger partial charge on any atom is -0.353 e. The first-order chi connectivity index (χ1) is 17.9. The number of hydrogen-bond acceptors (Lipinski definition) is 6. The largest absolute Gasteiger partial charge is 0.353 e. The van der Waals surface area contributed by atoms with Crippen LogP contribution in [0.3, 0.4) is 0 Å². The van der Waals surface area contributed by atoms with Crippen LogP contribution in [0.4, 0.5) is 5.69 Å². The van der Waals surface area contributed by atoms with Gasteiger partial charge in [0.25, 0.3) is 0 Å². The molecule has 6 aromatic rings. The summed E-state index contributed by atoms with van der Waals surface area (Å²) in [4.78, 5) is 33.9. The molecule has 0 fully saturated rings. The molecule has 0 bridgehead atoms. The first-order valence-electron chi connectivity index (χ1n) is 11.9. The summed E-state index contributed by atoms with van der Waals surface area (Å²) < 4.78 is 0. The van der Waals surface area contributed by atoms with E-state index >= 15 is 0 Å². The molecule has 0 atom stereocenters. The number of nitrogens with zero attached hydrogens (tertiary/aromatic N) is 5. The van der Waals surface area contributed by atoms with Crippen LogP contribution in [0.2, 0.25) is 0 Å². The number of rotatable bonds is 4. The first-order valence-corrected chi connectivity index (χ1v) is 11.9. The quantitative estimate of drug-likeness (QED) is 0.296. The maximum atomic E-state index is 12.4. The molecule has 6 rings (SSSR count). The van der Waals surface area contributed by atoms with Gasteiger partial charge >= 0.3 is 0 Å². The van der Waals surface area contributed by atoms with E-state index in [1.54, 1.807) is 31.0 Å². The van der Waals surface area contributed by atoms with Crippen LogP contribution in [0.25, 0.3) is 55.8 Å². The predicted molar refractivity (Wildman–Crippen MR) is 144 cm³/mol. The second-order valence-electron chi connectivity index (χ2n) is 9.87. The Balaban J connectivity index is 1.40. The van der Waals surface area contributed by atoms with Crippen molar-refractivity contribution in [3.05, 3.63) is 73.4 Å². The lowest BCUT2D eigenvalue weighted by Crippen LogP contribution is -2.27. The lowest BCUT2D eigenvalue weighted by atomic mass is 9.95. The summed E-state index contributed by atoms with van der Waals surface area (Å²) in [6.07, 6.45) is 8.65. The second-order valence-corrected chi connectivity index (χ2v) is 9.87. The zero-order chi connectivity index (χ0) is 25.6. The second kappa shape index (κ2) is 8.63. The number of hydrogen-bond donors (Lipinski definition) is 3. The Hall–Kier alpha value is -4.92. The molecule has 9 heteroatoms. The van der Waals surface area contributed by atoms with Gasteiger partial charge in [0.05, 0.1) is 46.4 Å². The van der Waals surface area contributed by atoms with Crippen molar-refractivity contribution >= 4 is 33.4 Å². The van der Waals surface area contributed by atoms with Crippen LogP contribution in [-0.2, 0) is 4.79 Å². The van der Waals surface area contributed by atoms with E-state index in [-0.39, 0.29) is 5.91 Å². The van der Waals surface area contributed by atoms with Crippen molar-refractivity contribution in [2.45, 2.75) is 20.8 Å². The standard InChI is InChI=1S/C28H24N8O/c1-28(2,3)27(37)33-17-10-16(13-29-14-17)22-11-19-24(15-32-22)35-36-26(19)23-12-18-20(34-23)7-9-31-25(18)21-6-4-5-8-30-21/h4-15,34H,1-3H3,(H,33,37)(H,35,36). The number of H-pyrrole nitrogens is 2. The fourth-order valence-corrected chi connectivity index (χ4v) is 4.14. The van der Waals surface area contributed by atoms with E-state index in [2.05, 4.69) is 40.4 Å². The Morgan fingerprint density at radius 1 is 0.838 bits per heavy atom. The number of pyridine rings is 4. The van der Waals surface area contributed by atoms with Gasteiger partial charge in [-0.3, -0.25) is 29.8 Å². The third-order valence-electron chi connectivity index (χ3n) is 6.13. The van der Waals surface area contributed by atoms with Gasteiger partial charge in [0.2, 0.25) is 5.91 Å². The van der Waals surface area contributed by atoms with Crippen LogP contribution in [0, 0.1) is 5.41 Å². The normalized spacial score (nSPS) is 11.8. The van der Waals surface area contributed by atoms with Crippen LogP contribution in [-0.4, -0.2) is 41.0 Å². The number of nitrogens with one attached hydrogen (secondary N) is 3. The van der Waals surface area contributed by atoms with E-state index in [4.69, 9.17) is 0 Å². The molecular formula is C28H24N8O. The Morgan fingerprint density at radius 2 is 1.70 bits per heavy atom.